The summed E-state index contributed by atoms with van der Waals surface area (Å²) in [6.07, 6.45) is 3.36. The van der Waals surface area contributed by atoms with Gasteiger partial charge in [0.05, 0.1) is 22.7 Å². The topological polar surface area (TPSA) is 43.0 Å². The van der Waals surface area contributed by atoms with Crippen LogP contribution in [0, 0.1) is 6.92 Å². The van der Waals surface area contributed by atoms with Crippen LogP contribution < -0.4 is 5.32 Å². The monoisotopic (exact) mass is 281 g/mol. The maximum Gasteiger partial charge on any atom is 0.105 e. The Morgan fingerprint density at radius 3 is 2.74 bits per heavy atom. The van der Waals surface area contributed by atoms with Gasteiger partial charge in [0, 0.05) is 25.1 Å². The van der Waals surface area contributed by atoms with Gasteiger partial charge in [-0.05, 0) is 26.5 Å². The van der Waals surface area contributed by atoms with Crippen molar-refractivity contribution in [2.45, 2.75) is 32.7 Å². The van der Waals surface area contributed by atoms with Crippen LogP contribution in [0.15, 0.2) is 16.7 Å². The summed E-state index contributed by atoms with van der Waals surface area (Å²) in [6.45, 7) is 4.04. The normalized spacial score (nSPS) is 12.9. The number of aryl methyl sites for hydroxylation is 3. The third-order valence-corrected chi connectivity index (χ3v) is 3.96. The van der Waals surface area contributed by atoms with Gasteiger partial charge in [-0.15, -0.1) is 0 Å². The number of rotatable bonds is 5. The average Bonchev–Trinajstić information content (AvgIpc) is 2.93. The van der Waals surface area contributed by atoms with E-state index in [0.29, 0.717) is 0 Å². The smallest absolute Gasteiger partial charge is 0.105 e. The molecule has 2 aromatic rings. The second kappa shape index (κ2) is 5.80. The number of nitrogens with zero attached hydrogens (tertiary/aromatic N) is 2. The maximum atomic E-state index is 6.40. The van der Waals surface area contributed by atoms with Crippen LogP contribution in [-0.4, -0.2) is 16.8 Å². The quantitative estimate of drug-likeness (QED) is 0.916. The fourth-order valence-corrected chi connectivity index (χ4v) is 2.73. The van der Waals surface area contributed by atoms with Crippen LogP contribution in [0.25, 0.3) is 0 Å². The van der Waals surface area contributed by atoms with Crippen LogP contribution in [0.5, 0.6) is 0 Å². The predicted molar refractivity (Wildman–Crippen MR) is 76.5 cm³/mol. The third-order valence-electron chi connectivity index (χ3n) is 3.52. The highest BCUT2D eigenvalue weighted by molar-refractivity contribution is 6.31. The van der Waals surface area contributed by atoms with Crippen molar-refractivity contribution in [3.05, 3.63) is 40.1 Å². The molecule has 0 saturated carbocycles. The van der Waals surface area contributed by atoms with Crippen LogP contribution in [0.2, 0.25) is 5.02 Å². The molecule has 0 saturated heterocycles. The van der Waals surface area contributed by atoms with Crippen LogP contribution in [0.4, 0.5) is 0 Å². The minimum Gasteiger partial charge on any atom is -0.469 e. The SMILES string of the molecule is CCc1nn(C)c(CC(NC)c2ccoc2C)c1Cl. The van der Waals surface area contributed by atoms with E-state index < -0.39 is 0 Å². The van der Waals surface area contributed by atoms with Gasteiger partial charge >= 0.3 is 0 Å². The summed E-state index contributed by atoms with van der Waals surface area (Å²) in [7, 11) is 3.89. The van der Waals surface area contributed by atoms with E-state index in [0.717, 1.165) is 40.6 Å². The van der Waals surface area contributed by atoms with Crippen molar-refractivity contribution in [2.24, 2.45) is 7.05 Å². The number of furan rings is 1. The molecule has 0 radical (unpaired) electrons. The number of hydrogen-bond acceptors (Lipinski definition) is 3. The molecule has 0 fully saturated rings. The lowest BCUT2D eigenvalue weighted by molar-refractivity contribution is 0.506. The van der Waals surface area contributed by atoms with Crippen molar-refractivity contribution in [3.63, 3.8) is 0 Å². The zero-order chi connectivity index (χ0) is 14.0. The van der Waals surface area contributed by atoms with Gasteiger partial charge in [-0.2, -0.15) is 5.10 Å². The number of nitrogens with one attached hydrogen (secondary N) is 1. The van der Waals surface area contributed by atoms with Crippen molar-refractivity contribution < 1.29 is 4.42 Å². The molecule has 0 bridgehead atoms. The first-order valence-corrected chi connectivity index (χ1v) is 6.87. The first kappa shape index (κ1) is 14.2. The molecule has 2 heterocycles. The Morgan fingerprint density at radius 2 is 2.26 bits per heavy atom. The summed E-state index contributed by atoms with van der Waals surface area (Å²) in [5, 5.41) is 8.55. The highest BCUT2D eigenvalue weighted by atomic mass is 35.5. The molecular formula is C14H20ClN3O. The molecule has 19 heavy (non-hydrogen) atoms. The molecule has 5 heteroatoms. The average molecular weight is 282 g/mol. The zero-order valence-corrected chi connectivity index (χ0v) is 12.6. The fourth-order valence-electron chi connectivity index (χ4n) is 2.36. The van der Waals surface area contributed by atoms with Crippen molar-refractivity contribution in [1.29, 1.82) is 0 Å². The molecule has 2 aromatic heterocycles. The summed E-state index contributed by atoms with van der Waals surface area (Å²) >= 11 is 6.40. The number of hydrogen-bond donors (Lipinski definition) is 1. The second-order valence-corrected chi connectivity index (χ2v) is 5.04. The van der Waals surface area contributed by atoms with E-state index >= 15 is 0 Å². The van der Waals surface area contributed by atoms with Crippen molar-refractivity contribution in [1.82, 2.24) is 15.1 Å². The molecule has 0 amide bonds. The molecule has 0 aliphatic carbocycles. The first-order chi connectivity index (χ1) is 9.08. The van der Waals surface area contributed by atoms with Gasteiger partial charge in [0.2, 0.25) is 0 Å². The molecule has 1 N–H and O–H groups in total. The van der Waals surface area contributed by atoms with Crippen LogP contribution in [0.3, 0.4) is 0 Å². The summed E-state index contributed by atoms with van der Waals surface area (Å²) in [4.78, 5) is 0. The van der Waals surface area contributed by atoms with E-state index in [1.54, 1.807) is 6.26 Å². The van der Waals surface area contributed by atoms with Crippen molar-refractivity contribution in [2.75, 3.05) is 7.05 Å². The summed E-state index contributed by atoms with van der Waals surface area (Å²) in [6, 6.07) is 2.18. The van der Waals surface area contributed by atoms with Gasteiger partial charge in [-0.3, -0.25) is 4.68 Å². The Hall–Kier alpha value is -1.26. The minimum absolute atomic E-state index is 0.177. The van der Waals surface area contributed by atoms with E-state index in [2.05, 4.69) is 17.3 Å². The van der Waals surface area contributed by atoms with Gasteiger partial charge in [-0.25, -0.2) is 0 Å². The van der Waals surface area contributed by atoms with Crippen molar-refractivity contribution in [3.8, 4) is 0 Å². The van der Waals surface area contributed by atoms with Gasteiger partial charge < -0.3 is 9.73 Å². The van der Waals surface area contributed by atoms with E-state index in [4.69, 9.17) is 16.0 Å². The van der Waals surface area contributed by atoms with Crippen molar-refractivity contribution >= 4 is 11.6 Å². The van der Waals surface area contributed by atoms with Crippen LogP contribution in [0.1, 0.15) is 35.7 Å². The largest absolute Gasteiger partial charge is 0.469 e. The molecule has 0 aromatic carbocycles. The van der Waals surface area contributed by atoms with E-state index in [1.807, 2.05) is 31.8 Å². The Bertz CT molecular complexity index is 559. The minimum atomic E-state index is 0.177. The Morgan fingerprint density at radius 1 is 1.53 bits per heavy atom. The molecule has 0 aliphatic heterocycles. The van der Waals surface area contributed by atoms with E-state index in [-0.39, 0.29) is 6.04 Å². The maximum absolute atomic E-state index is 6.40. The molecule has 104 valence electrons. The number of aromatic nitrogens is 2. The Labute approximate surface area is 118 Å². The Balaban J connectivity index is 2.29. The fraction of sp³-hybridized carbons (Fsp3) is 0.500. The lowest BCUT2D eigenvalue weighted by Gasteiger charge is -2.16. The summed E-state index contributed by atoms with van der Waals surface area (Å²) < 4.78 is 7.25. The molecular weight excluding hydrogens is 262 g/mol. The standard InChI is InChI=1S/C14H20ClN3O/c1-5-11-14(15)13(18(4)17-11)8-12(16-3)10-6-7-19-9(10)2/h6-7,12,16H,5,8H2,1-4H3. The molecule has 1 atom stereocenters. The van der Waals surface area contributed by atoms with Crippen LogP contribution >= 0.6 is 11.6 Å². The first-order valence-electron chi connectivity index (χ1n) is 6.50. The highest BCUT2D eigenvalue weighted by Gasteiger charge is 2.20. The predicted octanol–water partition coefficient (Wildman–Crippen LogP) is 3.04. The van der Waals surface area contributed by atoms with Gasteiger partial charge in [0.25, 0.3) is 0 Å². The molecule has 4 nitrogen and oxygen atoms in total. The van der Waals surface area contributed by atoms with E-state index in [9.17, 15) is 0 Å². The van der Waals surface area contributed by atoms with Gasteiger partial charge in [-0.1, -0.05) is 18.5 Å². The Kier molecular flexibility index (Phi) is 4.32. The lowest BCUT2D eigenvalue weighted by atomic mass is 10.0. The summed E-state index contributed by atoms with van der Waals surface area (Å²) in [5.41, 5.74) is 3.18. The molecule has 1 unspecified atom stereocenters. The zero-order valence-electron chi connectivity index (χ0n) is 11.8. The van der Waals surface area contributed by atoms with E-state index in [1.165, 1.54) is 0 Å². The number of halogens is 1. The second-order valence-electron chi connectivity index (χ2n) is 4.66. The number of likely N-dealkylation sites (N-methyl/N-ethyl adjacent to an activating group) is 1. The highest BCUT2D eigenvalue weighted by Crippen LogP contribution is 2.27. The summed E-state index contributed by atoms with van der Waals surface area (Å²) in [5.74, 6) is 0.938. The third kappa shape index (κ3) is 2.69. The van der Waals surface area contributed by atoms with Crippen LogP contribution in [-0.2, 0) is 19.9 Å². The molecule has 0 spiro atoms. The molecule has 0 aliphatic rings. The lowest BCUT2D eigenvalue weighted by Crippen LogP contribution is -2.20. The molecule has 2 rings (SSSR count). The van der Waals surface area contributed by atoms with Gasteiger partial charge in [0.1, 0.15) is 5.76 Å². The van der Waals surface area contributed by atoms with Gasteiger partial charge in [0.15, 0.2) is 0 Å².